The summed E-state index contributed by atoms with van der Waals surface area (Å²) in [6, 6.07) is 36.8. The molecular formula is C30H23N3O2. The molecule has 0 bridgehead atoms. The topological polar surface area (TPSA) is 63.6 Å². The highest BCUT2D eigenvalue weighted by Gasteiger charge is 2.13. The van der Waals surface area contributed by atoms with Gasteiger partial charge in [-0.05, 0) is 47.5 Å². The molecule has 1 heterocycles. The van der Waals surface area contributed by atoms with Crippen molar-refractivity contribution >= 4 is 23.0 Å². The van der Waals surface area contributed by atoms with Crippen LogP contribution in [0.2, 0.25) is 0 Å². The zero-order valence-corrected chi connectivity index (χ0v) is 19.0. The zero-order chi connectivity index (χ0) is 23.9. The van der Waals surface area contributed by atoms with Gasteiger partial charge in [0, 0.05) is 10.9 Å². The van der Waals surface area contributed by atoms with E-state index in [-0.39, 0.29) is 5.91 Å². The van der Waals surface area contributed by atoms with Crippen LogP contribution in [-0.2, 0) is 6.61 Å². The van der Waals surface area contributed by atoms with Gasteiger partial charge in [0.15, 0.2) is 0 Å². The number of para-hydroxylation sites is 1. The van der Waals surface area contributed by atoms with Crippen molar-refractivity contribution in [3.05, 3.63) is 132 Å². The summed E-state index contributed by atoms with van der Waals surface area (Å²) < 4.78 is 5.82. The number of benzene rings is 4. The Morgan fingerprint density at radius 2 is 1.51 bits per heavy atom. The summed E-state index contributed by atoms with van der Waals surface area (Å²) in [6.07, 6.45) is 1.61. The number of rotatable bonds is 7. The molecule has 35 heavy (non-hydrogen) atoms. The van der Waals surface area contributed by atoms with Gasteiger partial charge in [-0.1, -0.05) is 78.9 Å². The van der Waals surface area contributed by atoms with Gasteiger partial charge in [0.25, 0.3) is 5.91 Å². The summed E-state index contributed by atoms with van der Waals surface area (Å²) >= 11 is 0. The largest absolute Gasteiger partial charge is 0.489 e. The molecule has 0 fully saturated rings. The number of fused-ring (bicyclic) bond motifs is 1. The van der Waals surface area contributed by atoms with Crippen LogP contribution in [0.4, 0.5) is 0 Å². The first-order chi connectivity index (χ1) is 17.3. The van der Waals surface area contributed by atoms with Gasteiger partial charge in [0.05, 0.1) is 23.0 Å². The highest BCUT2D eigenvalue weighted by molar-refractivity contribution is 6.07. The number of hydrazone groups is 1. The highest BCUT2D eigenvalue weighted by Crippen LogP contribution is 2.24. The summed E-state index contributed by atoms with van der Waals surface area (Å²) in [6.45, 7) is 0.509. The molecule has 0 aliphatic carbocycles. The fraction of sp³-hybridized carbons (Fsp3) is 0.0333. The number of pyridine rings is 1. The molecule has 0 spiro atoms. The minimum Gasteiger partial charge on any atom is -0.489 e. The van der Waals surface area contributed by atoms with Crippen LogP contribution in [0, 0.1) is 0 Å². The molecule has 0 radical (unpaired) electrons. The molecule has 4 aromatic carbocycles. The number of hydrogen-bond acceptors (Lipinski definition) is 4. The van der Waals surface area contributed by atoms with E-state index >= 15 is 0 Å². The Balaban J connectivity index is 1.28. The number of ether oxygens (including phenoxy) is 1. The molecule has 5 aromatic rings. The van der Waals surface area contributed by atoms with Gasteiger partial charge in [-0.2, -0.15) is 5.10 Å². The van der Waals surface area contributed by atoms with Crippen molar-refractivity contribution in [3.63, 3.8) is 0 Å². The molecule has 0 aliphatic rings. The van der Waals surface area contributed by atoms with Crippen LogP contribution < -0.4 is 10.2 Å². The molecule has 0 aliphatic heterocycles. The van der Waals surface area contributed by atoms with Crippen LogP contribution in [-0.4, -0.2) is 17.1 Å². The van der Waals surface area contributed by atoms with Crippen LogP contribution in [0.1, 0.15) is 21.5 Å². The first kappa shape index (κ1) is 22.0. The summed E-state index contributed by atoms with van der Waals surface area (Å²) in [5, 5.41) is 4.94. The van der Waals surface area contributed by atoms with E-state index in [1.807, 2.05) is 109 Å². The van der Waals surface area contributed by atoms with Crippen LogP contribution >= 0.6 is 0 Å². The predicted octanol–water partition coefficient (Wildman–Crippen LogP) is 6.24. The van der Waals surface area contributed by atoms with E-state index < -0.39 is 0 Å². The van der Waals surface area contributed by atoms with Gasteiger partial charge in [0.1, 0.15) is 12.4 Å². The lowest BCUT2D eigenvalue weighted by atomic mass is 10.0. The Bertz CT molecular complexity index is 1460. The fourth-order valence-electron chi connectivity index (χ4n) is 3.74. The summed E-state index contributed by atoms with van der Waals surface area (Å²) in [5.74, 6) is 0.478. The molecule has 1 aromatic heterocycles. The third kappa shape index (κ3) is 5.42. The van der Waals surface area contributed by atoms with Gasteiger partial charge < -0.3 is 4.74 Å². The molecule has 1 amide bonds. The maximum atomic E-state index is 13.0. The number of amides is 1. The van der Waals surface area contributed by atoms with Crippen LogP contribution in [0.3, 0.4) is 0 Å². The number of aromatic nitrogens is 1. The second kappa shape index (κ2) is 10.4. The lowest BCUT2D eigenvalue weighted by Crippen LogP contribution is -2.18. The number of carbonyl (C=O) groups excluding carboxylic acids is 1. The van der Waals surface area contributed by atoms with Crippen LogP contribution in [0.5, 0.6) is 5.75 Å². The lowest BCUT2D eigenvalue weighted by Gasteiger charge is -2.09. The second-order valence-electron chi connectivity index (χ2n) is 7.98. The molecule has 0 unspecified atom stereocenters. The number of hydrogen-bond donors (Lipinski definition) is 1. The fourth-order valence-corrected chi connectivity index (χ4v) is 3.74. The normalized spacial score (nSPS) is 11.0. The Hall–Kier alpha value is -4.77. The van der Waals surface area contributed by atoms with Crippen LogP contribution in [0.15, 0.2) is 120 Å². The monoisotopic (exact) mass is 457 g/mol. The third-order valence-electron chi connectivity index (χ3n) is 5.54. The standard InChI is InChI=1S/C30H23N3O2/c34-30(27-19-29(24-11-5-2-6-12-24)32-28-14-8-7-13-26(27)28)33-31-20-22-15-17-25(18-16-22)35-21-23-9-3-1-4-10-23/h1-20H,21H2,(H,33,34)/b31-20+. The quantitative estimate of drug-likeness (QED) is 0.232. The van der Waals surface area contributed by atoms with E-state index in [9.17, 15) is 4.79 Å². The molecule has 0 saturated heterocycles. The van der Waals surface area contributed by atoms with E-state index in [0.717, 1.165) is 39.0 Å². The zero-order valence-electron chi connectivity index (χ0n) is 19.0. The van der Waals surface area contributed by atoms with E-state index in [0.29, 0.717) is 12.2 Å². The predicted molar refractivity (Wildman–Crippen MR) is 139 cm³/mol. The maximum Gasteiger partial charge on any atom is 0.272 e. The van der Waals surface area contributed by atoms with E-state index in [1.165, 1.54) is 0 Å². The average molecular weight is 458 g/mol. The van der Waals surface area contributed by atoms with Crippen molar-refractivity contribution in [1.29, 1.82) is 0 Å². The van der Waals surface area contributed by atoms with E-state index in [1.54, 1.807) is 12.3 Å². The third-order valence-corrected chi connectivity index (χ3v) is 5.54. The Morgan fingerprint density at radius 1 is 0.829 bits per heavy atom. The van der Waals surface area contributed by atoms with Gasteiger partial charge in [0.2, 0.25) is 0 Å². The van der Waals surface area contributed by atoms with Crippen molar-refractivity contribution in [2.45, 2.75) is 6.61 Å². The van der Waals surface area contributed by atoms with Crippen LogP contribution in [0.25, 0.3) is 22.2 Å². The highest BCUT2D eigenvalue weighted by atomic mass is 16.5. The number of nitrogens with one attached hydrogen (secondary N) is 1. The molecule has 5 heteroatoms. The first-order valence-corrected chi connectivity index (χ1v) is 11.3. The molecule has 0 atom stereocenters. The molecule has 0 saturated carbocycles. The maximum absolute atomic E-state index is 13.0. The van der Waals surface area contributed by atoms with Crippen molar-refractivity contribution in [2.24, 2.45) is 5.10 Å². The summed E-state index contributed by atoms with van der Waals surface area (Å²) in [5.41, 5.74) is 7.58. The molecule has 5 rings (SSSR count). The first-order valence-electron chi connectivity index (χ1n) is 11.3. The van der Waals surface area contributed by atoms with Crippen molar-refractivity contribution in [1.82, 2.24) is 10.4 Å². The summed E-state index contributed by atoms with van der Waals surface area (Å²) in [4.78, 5) is 17.8. The van der Waals surface area contributed by atoms with Crippen molar-refractivity contribution in [3.8, 4) is 17.0 Å². The molecule has 5 nitrogen and oxygen atoms in total. The Kier molecular flexibility index (Phi) is 6.58. The molecular weight excluding hydrogens is 434 g/mol. The van der Waals surface area contributed by atoms with Crippen molar-refractivity contribution in [2.75, 3.05) is 0 Å². The second-order valence-corrected chi connectivity index (χ2v) is 7.98. The van der Waals surface area contributed by atoms with E-state index in [2.05, 4.69) is 10.5 Å². The van der Waals surface area contributed by atoms with Gasteiger partial charge >= 0.3 is 0 Å². The number of carbonyl (C=O) groups is 1. The molecule has 170 valence electrons. The van der Waals surface area contributed by atoms with Gasteiger partial charge in [-0.3, -0.25) is 4.79 Å². The number of nitrogens with zero attached hydrogens (tertiary/aromatic N) is 2. The van der Waals surface area contributed by atoms with Crippen molar-refractivity contribution < 1.29 is 9.53 Å². The average Bonchev–Trinajstić information content (AvgIpc) is 2.93. The Morgan fingerprint density at radius 3 is 2.29 bits per heavy atom. The smallest absolute Gasteiger partial charge is 0.272 e. The van der Waals surface area contributed by atoms with E-state index in [4.69, 9.17) is 9.72 Å². The minimum atomic E-state index is -0.292. The SMILES string of the molecule is O=C(N/N=C/c1ccc(OCc2ccccc2)cc1)c1cc(-c2ccccc2)nc2ccccc12. The van der Waals surface area contributed by atoms with Gasteiger partial charge in [-0.15, -0.1) is 0 Å². The minimum absolute atomic E-state index is 0.292. The molecule has 1 N–H and O–H groups in total. The lowest BCUT2D eigenvalue weighted by molar-refractivity contribution is 0.0956. The van der Waals surface area contributed by atoms with Gasteiger partial charge in [-0.25, -0.2) is 10.4 Å². The Labute approximate surface area is 203 Å². The summed E-state index contributed by atoms with van der Waals surface area (Å²) in [7, 11) is 0.